The highest BCUT2D eigenvalue weighted by molar-refractivity contribution is 5.89. The van der Waals surface area contributed by atoms with Gasteiger partial charge in [0.25, 0.3) is 0 Å². The molecule has 5 nitrogen and oxygen atoms in total. The van der Waals surface area contributed by atoms with Crippen molar-refractivity contribution in [1.82, 2.24) is 4.98 Å². The highest BCUT2D eigenvalue weighted by Gasteiger charge is 2.40. The van der Waals surface area contributed by atoms with Gasteiger partial charge in [0, 0.05) is 19.3 Å². The van der Waals surface area contributed by atoms with Crippen LogP contribution in [0.15, 0.2) is 18.3 Å². The molecule has 2 heterocycles. The minimum atomic E-state index is -0.573. The van der Waals surface area contributed by atoms with Gasteiger partial charge in [0.1, 0.15) is 5.82 Å². The molecule has 0 spiro atoms. The van der Waals surface area contributed by atoms with Crippen molar-refractivity contribution >= 4 is 11.8 Å². The first-order valence-electron chi connectivity index (χ1n) is 6.68. The molecule has 0 atom stereocenters. The molecule has 0 radical (unpaired) electrons. The highest BCUT2D eigenvalue weighted by atomic mass is 16.5. The molecule has 0 amide bonds. The number of hydrogen-bond donors (Lipinski definition) is 1. The molecule has 1 aromatic heterocycles. The second-order valence-corrected chi connectivity index (χ2v) is 4.96. The second-order valence-electron chi connectivity index (χ2n) is 4.96. The summed E-state index contributed by atoms with van der Waals surface area (Å²) in [5.41, 5.74) is -0.120. The van der Waals surface area contributed by atoms with E-state index in [0.717, 1.165) is 18.7 Å². The highest BCUT2D eigenvalue weighted by Crippen LogP contribution is 2.29. The average molecular weight is 264 g/mol. The number of aromatic nitrogens is 1. The van der Waals surface area contributed by atoms with Crippen LogP contribution in [0.4, 0.5) is 5.82 Å². The van der Waals surface area contributed by atoms with Crippen LogP contribution in [0.5, 0.6) is 0 Å². The molecule has 19 heavy (non-hydrogen) atoms. The molecular weight excluding hydrogens is 244 g/mol. The Morgan fingerprint density at radius 3 is 2.74 bits per heavy atom. The molecule has 0 saturated carbocycles. The van der Waals surface area contributed by atoms with Crippen molar-refractivity contribution in [3.05, 3.63) is 23.9 Å². The lowest BCUT2D eigenvalue weighted by molar-refractivity contribution is 0.00292. The fourth-order valence-electron chi connectivity index (χ4n) is 2.36. The number of ether oxygens (including phenoxy) is 1. The summed E-state index contributed by atoms with van der Waals surface area (Å²) >= 11 is 0. The molecule has 1 N–H and O–H groups in total. The fourth-order valence-corrected chi connectivity index (χ4v) is 2.36. The predicted octanol–water partition coefficient (Wildman–Crippen LogP) is 1.61. The van der Waals surface area contributed by atoms with Gasteiger partial charge >= 0.3 is 5.97 Å². The zero-order chi connectivity index (χ0) is 13.9. The van der Waals surface area contributed by atoms with Crippen LogP contribution in [0.3, 0.4) is 0 Å². The maximum Gasteiger partial charge on any atom is 0.339 e. The Bertz CT molecular complexity index is 439. The number of carbonyl (C=O) groups is 1. The molecule has 104 valence electrons. The van der Waals surface area contributed by atoms with Gasteiger partial charge in [-0.25, -0.2) is 9.78 Å². The Kier molecular flexibility index (Phi) is 4.04. The number of anilines is 1. The Balaban J connectivity index is 1.95. The summed E-state index contributed by atoms with van der Waals surface area (Å²) in [7, 11) is 0. The molecule has 1 saturated heterocycles. The minimum absolute atomic E-state index is 0.354. The first kappa shape index (κ1) is 13.8. The summed E-state index contributed by atoms with van der Waals surface area (Å²) in [5.74, 6) is 0.432. The van der Waals surface area contributed by atoms with Crippen LogP contribution in [-0.2, 0) is 4.74 Å². The Morgan fingerprint density at radius 2 is 2.21 bits per heavy atom. The van der Waals surface area contributed by atoms with Crippen molar-refractivity contribution < 1.29 is 14.6 Å². The van der Waals surface area contributed by atoms with Crippen molar-refractivity contribution in [3.63, 3.8) is 0 Å². The second kappa shape index (κ2) is 5.57. The van der Waals surface area contributed by atoms with E-state index in [-0.39, 0.29) is 5.97 Å². The largest absolute Gasteiger partial charge is 0.462 e. The number of nitrogens with zero attached hydrogens (tertiary/aromatic N) is 2. The molecular formula is C14H20N2O3. The van der Waals surface area contributed by atoms with Gasteiger partial charge in [0.15, 0.2) is 0 Å². The zero-order valence-electron chi connectivity index (χ0n) is 11.4. The lowest BCUT2D eigenvalue weighted by Crippen LogP contribution is -2.62. The Morgan fingerprint density at radius 1 is 1.47 bits per heavy atom. The number of rotatable bonds is 5. The topological polar surface area (TPSA) is 62.7 Å². The van der Waals surface area contributed by atoms with Crippen molar-refractivity contribution in [3.8, 4) is 0 Å². The summed E-state index contributed by atoms with van der Waals surface area (Å²) in [6.45, 7) is 5.40. The summed E-state index contributed by atoms with van der Waals surface area (Å²) in [5, 5.41) is 10.1. The van der Waals surface area contributed by atoms with E-state index in [1.54, 1.807) is 19.1 Å². The van der Waals surface area contributed by atoms with Crippen LogP contribution >= 0.6 is 0 Å². The minimum Gasteiger partial charge on any atom is -0.462 e. The van der Waals surface area contributed by atoms with Crippen LogP contribution < -0.4 is 4.90 Å². The summed E-state index contributed by atoms with van der Waals surface area (Å²) < 4.78 is 4.90. The lowest BCUT2D eigenvalue weighted by atomic mass is 9.89. The van der Waals surface area contributed by atoms with E-state index in [4.69, 9.17) is 4.74 Å². The summed E-state index contributed by atoms with van der Waals surface area (Å²) in [6, 6.07) is 3.50. The maximum atomic E-state index is 11.5. The fraction of sp³-hybridized carbons (Fsp3) is 0.571. The third-order valence-corrected chi connectivity index (χ3v) is 3.27. The molecule has 1 fully saturated rings. The van der Waals surface area contributed by atoms with Gasteiger partial charge in [-0.3, -0.25) is 0 Å². The van der Waals surface area contributed by atoms with Gasteiger partial charge in [-0.1, -0.05) is 13.3 Å². The smallest absolute Gasteiger partial charge is 0.339 e. The molecule has 1 aliphatic heterocycles. The van der Waals surface area contributed by atoms with E-state index in [2.05, 4.69) is 11.9 Å². The van der Waals surface area contributed by atoms with E-state index in [9.17, 15) is 9.90 Å². The van der Waals surface area contributed by atoms with E-state index >= 15 is 0 Å². The summed E-state index contributed by atoms with van der Waals surface area (Å²) in [4.78, 5) is 17.7. The van der Waals surface area contributed by atoms with Crippen LogP contribution in [-0.4, -0.2) is 41.4 Å². The van der Waals surface area contributed by atoms with Crippen LogP contribution in [0.25, 0.3) is 0 Å². The number of β-amino-alcohol motifs (C(OH)–C–C–N with tert-alkyl or cyclic N) is 1. The molecule has 1 aliphatic rings. The van der Waals surface area contributed by atoms with Gasteiger partial charge in [0.05, 0.1) is 17.8 Å². The van der Waals surface area contributed by atoms with Gasteiger partial charge in [-0.05, 0) is 25.5 Å². The maximum absolute atomic E-state index is 11.5. The van der Waals surface area contributed by atoms with Gasteiger partial charge in [-0.15, -0.1) is 0 Å². The lowest BCUT2D eigenvalue weighted by Gasteiger charge is -2.47. The number of pyridine rings is 1. The zero-order valence-corrected chi connectivity index (χ0v) is 11.4. The Labute approximate surface area is 113 Å². The third-order valence-electron chi connectivity index (χ3n) is 3.27. The van der Waals surface area contributed by atoms with Crippen molar-refractivity contribution in [2.24, 2.45) is 0 Å². The van der Waals surface area contributed by atoms with E-state index < -0.39 is 5.60 Å². The Hall–Kier alpha value is -1.62. The van der Waals surface area contributed by atoms with Crippen molar-refractivity contribution in [2.45, 2.75) is 32.3 Å². The summed E-state index contributed by atoms with van der Waals surface area (Å²) in [6.07, 6.45) is 3.30. The number of hydrogen-bond acceptors (Lipinski definition) is 5. The number of carbonyl (C=O) groups excluding carboxylic acids is 1. The van der Waals surface area contributed by atoms with Crippen LogP contribution in [0.1, 0.15) is 37.0 Å². The van der Waals surface area contributed by atoms with Gasteiger partial charge in [0.2, 0.25) is 0 Å². The van der Waals surface area contributed by atoms with Crippen LogP contribution in [0, 0.1) is 0 Å². The standard InChI is InChI=1S/C14H20N2O3/c1-3-7-14(18)9-16(10-14)12-6-5-11(8-15-12)13(17)19-4-2/h5-6,8,18H,3-4,7,9-10H2,1-2H3. The van der Waals surface area contributed by atoms with Gasteiger partial charge in [-0.2, -0.15) is 0 Å². The van der Waals surface area contributed by atoms with E-state index in [1.165, 1.54) is 6.20 Å². The predicted molar refractivity (Wildman–Crippen MR) is 72.3 cm³/mol. The van der Waals surface area contributed by atoms with Crippen LogP contribution in [0.2, 0.25) is 0 Å². The quantitative estimate of drug-likeness (QED) is 0.819. The van der Waals surface area contributed by atoms with E-state index in [1.807, 2.05) is 4.90 Å². The number of esters is 1. The van der Waals surface area contributed by atoms with Gasteiger partial charge < -0.3 is 14.7 Å². The van der Waals surface area contributed by atoms with Crippen molar-refractivity contribution in [1.29, 1.82) is 0 Å². The molecule has 0 unspecified atom stereocenters. The monoisotopic (exact) mass is 264 g/mol. The molecule has 1 aromatic rings. The normalized spacial score (nSPS) is 16.9. The molecule has 5 heteroatoms. The van der Waals surface area contributed by atoms with E-state index in [0.29, 0.717) is 25.3 Å². The first-order chi connectivity index (χ1) is 9.08. The third kappa shape index (κ3) is 3.04. The SMILES string of the molecule is CCCC1(O)CN(c2ccc(C(=O)OCC)cn2)C1. The number of aliphatic hydroxyl groups is 1. The van der Waals surface area contributed by atoms with Crippen molar-refractivity contribution in [2.75, 3.05) is 24.6 Å². The first-order valence-corrected chi connectivity index (χ1v) is 6.68. The molecule has 0 aliphatic carbocycles. The molecule has 2 rings (SSSR count). The molecule has 0 bridgehead atoms. The molecule has 0 aromatic carbocycles. The average Bonchev–Trinajstić information content (AvgIpc) is 2.36.